The lowest BCUT2D eigenvalue weighted by atomic mass is 9.99. The summed E-state index contributed by atoms with van der Waals surface area (Å²) in [5.41, 5.74) is 1.38. The molecule has 0 spiro atoms. The summed E-state index contributed by atoms with van der Waals surface area (Å²) in [6.07, 6.45) is 4.83. The van der Waals surface area contributed by atoms with Gasteiger partial charge in [-0.25, -0.2) is 8.42 Å². The first-order valence-corrected chi connectivity index (χ1v) is 16.8. The van der Waals surface area contributed by atoms with Gasteiger partial charge in [0.05, 0.1) is 10.9 Å². The molecule has 4 aliphatic rings. The van der Waals surface area contributed by atoms with Crippen molar-refractivity contribution in [1.29, 1.82) is 0 Å². The molecule has 5 atom stereocenters. The van der Waals surface area contributed by atoms with Crippen molar-refractivity contribution in [3.05, 3.63) is 62.6 Å². The fraction of sp³-hybridized carbons (Fsp3) is 0.517. The first-order valence-electron chi connectivity index (χ1n) is 14.1. The van der Waals surface area contributed by atoms with Crippen molar-refractivity contribution in [2.45, 2.75) is 43.7 Å². The Bertz CT molecular complexity index is 1380. The molecule has 11 heteroatoms. The zero-order valence-electron chi connectivity index (χ0n) is 22.3. The first-order chi connectivity index (χ1) is 19.3. The Hall–Kier alpha value is -2.24. The maximum atomic E-state index is 13.5. The van der Waals surface area contributed by atoms with Crippen molar-refractivity contribution in [2.75, 3.05) is 39.3 Å². The number of nitrogens with one attached hydrogen (secondary N) is 1. The number of amides is 2. The number of likely N-dealkylation sites (tertiary alicyclic amines) is 3. The number of halogens is 1. The second-order valence-electron chi connectivity index (χ2n) is 11.5. The lowest BCUT2D eigenvalue weighted by Gasteiger charge is -2.35. The van der Waals surface area contributed by atoms with E-state index in [1.165, 1.54) is 34.3 Å². The van der Waals surface area contributed by atoms with Crippen LogP contribution in [0.5, 0.6) is 0 Å². The van der Waals surface area contributed by atoms with Crippen molar-refractivity contribution in [2.24, 2.45) is 11.8 Å². The molecule has 1 N–H and O–H groups in total. The standard InChI is InChI=1S/C29H35ClN4O4S2/c30-27-9-8-23(39-27)11-14-40(37,38)31-25-7-4-12-33(29(25)36)19-28(35)34-17-22-15-24(22)26(34)18-32-13-10-21(16-32)20-5-2-1-3-6-20/h1-3,5-6,8-9,11,14,21-22,24-26,31H,4,7,10,12-13,15-19H2/t21?,22?,24?,25-,26?/m0/s1. The van der Waals surface area contributed by atoms with Gasteiger partial charge in [0.15, 0.2) is 0 Å². The highest BCUT2D eigenvalue weighted by atomic mass is 35.5. The van der Waals surface area contributed by atoms with Crippen LogP contribution < -0.4 is 4.72 Å². The maximum absolute atomic E-state index is 13.5. The molecule has 0 bridgehead atoms. The maximum Gasteiger partial charge on any atom is 0.242 e. The summed E-state index contributed by atoms with van der Waals surface area (Å²) in [6.45, 7) is 4.16. The van der Waals surface area contributed by atoms with Gasteiger partial charge in [-0.05, 0) is 73.8 Å². The van der Waals surface area contributed by atoms with Crippen LogP contribution in [-0.4, -0.2) is 86.3 Å². The van der Waals surface area contributed by atoms with E-state index >= 15 is 0 Å². The molecule has 1 aliphatic carbocycles. The fourth-order valence-corrected chi connectivity index (χ4v) is 8.69. The summed E-state index contributed by atoms with van der Waals surface area (Å²) in [7, 11) is -3.83. The molecule has 2 aromatic rings. The zero-order chi connectivity index (χ0) is 27.9. The molecular weight excluding hydrogens is 568 g/mol. The van der Waals surface area contributed by atoms with Crippen molar-refractivity contribution in [1.82, 2.24) is 19.4 Å². The average molecular weight is 603 g/mol. The van der Waals surface area contributed by atoms with Gasteiger partial charge in [0, 0.05) is 42.5 Å². The van der Waals surface area contributed by atoms with Crippen molar-refractivity contribution in [3.8, 4) is 0 Å². The number of fused-ring (bicyclic) bond motifs is 1. The molecule has 1 aromatic heterocycles. The Labute approximate surface area is 245 Å². The molecule has 4 unspecified atom stereocenters. The predicted octanol–water partition coefficient (Wildman–Crippen LogP) is 3.62. The van der Waals surface area contributed by atoms with Crippen LogP contribution in [0.4, 0.5) is 0 Å². The highest BCUT2D eigenvalue weighted by molar-refractivity contribution is 7.92. The van der Waals surface area contributed by atoms with Crippen molar-refractivity contribution >= 4 is 50.9 Å². The average Bonchev–Trinajstić information content (AvgIpc) is 3.23. The molecule has 1 saturated carbocycles. The summed E-state index contributed by atoms with van der Waals surface area (Å²) in [4.78, 5) is 33.5. The lowest BCUT2D eigenvalue weighted by Crippen LogP contribution is -2.55. The molecule has 1 aromatic carbocycles. The molecule has 3 aliphatic heterocycles. The van der Waals surface area contributed by atoms with Crippen LogP contribution in [0.15, 0.2) is 47.9 Å². The first kappa shape index (κ1) is 27.9. The highest BCUT2D eigenvalue weighted by Gasteiger charge is 2.54. The second-order valence-corrected chi connectivity index (χ2v) is 14.8. The van der Waals surface area contributed by atoms with Gasteiger partial charge >= 0.3 is 0 Å². The van der Waals surface area contributed by atoms with E-state index in [0.29, 0.717) is 46.4 Å². The Balaban J connectivity index is 1.04. The predicted molar refractivity (Wildman–Crippen MR) is 157 cm³/mol. The van der Waals surface area contributed by atoms with Crippen LogP contribution in [0.3, 0.4) is 0 Å². The van der Waals surface area contributed by atoms with E-state index in [1.54, 1.807) is 12.1 Å². The van der Waals surface area contributed by atoms with E-state index in [2.05, 4.69) is 40.0 Å². The van der Waals surface area contributed by atoms with E-state index in [9.17, 15) is 18.0 Å². The molecule has 40 heavy (non-hydrogen) atoms. The number of piperidine rings is 2. The Morgan fingerprint density at radius 3 is 2.70 bits per heavy atom. The molecule has 2 amide bonds. The summed E-state index contributed by atoms with van der Waals surface area (Å²) < 4.78 is 28.4. The number of thiophene rings is 1. The van der Waals surface area contributed by atoms with Crippen LogP contribution in [0.2, 0.25) is 4.34 Å². The van der Waals surface area contributed by atoms with Gasteiger partial charge in [-0.3, -0.25) is 9.59 Å². The molecule has 4 fully saturated rings. The van der Waals surface area contributed by atoms with Gasteiger partial charge in [0.1, 0.15) is 6.04 Å². The number of rotatable bonds is 9. The second kappa shape index (κ2) is 11.6. The van der Waals surface area contributed by atoms with Crippen LogP contribution in [-0.2, 0) is 19.6 Å². The van der Waals surface area contributed by atoms with Gasteiger partial charge in [-0.2, -0.15) is 4.72 Å². The molecule has 214 valence electrons. The minimum atomic E-state index is -3.83. The smallest absolute Gasteiger partial charge is 0.242 e. The molecule has 6 rings (SSSR count). The van der Waals surface area contributed by atoms with Crippen LogP contribution in [0.25, 0.3) is 6.08 Å². The normalized spacial score (nSPS) is 28.9. The van der Waals surface area contributed by atoms with E-state index in [0.717, 1.165) is 38.0 Å². The van der Waals surface area contributed by atoms with Crippen molar-refractivity contribution in [3.63, 3.8) is 0 Å². The van der Waals surface area contributed by atoms with Crippen LogP contribution in [0.1, 0.15) is 42.0 Å². The van der Waals surface area contributed by atoms with E-state index < -0.39 is 16.1 Å². The Morgan fingerprint density at radius 1 is 1.10 bits per heavy atom. The Kier molecular flexibility index (Phi) is 8.07. The molecule has 3 saturated heterocycles. The van der Waals surface area contributed by atoms with E-state index in [1.807, 2.05) is 4.90 Å². The summed E-state index contributed by atoms with van der Waals surface area (Å²) in [6, 6.07) is 13.4. The highest BCUT2D eigenvalue weighted by Crippen LogP contribution is 2.50. The SMILES string of the molecule is O=C1[C@@H](NS(=O)(=O)C=Cc2ccc(Cl)s2)CCCN1CC(=O)N1CC2CC2C1CN1CCC(c2ccccc2)C1. The summed E-state index contributed by atoms with van der Waals surface area (Å²) in [5, 5.41) is 1.06. The minimum Gasteiger partial charge on any atom is -0.336 e. The van der Waals surface area contributed by atoms with Crippen molar-refractivity contribution < 1.29 is 18.0 Å². The van der Waals surface area contributed by atoms with E-state index in [4.69, 9.17) is 11.6 Å². The monoisotopic (exact) mass is 602 g/mol. The quantitative estimate of drug-likeness (QED) is 0.474. The zero-order valence-corrected chi connectivity index (χ0v) is 24.7. The number of nitrogens with zero attached hydrogens (tertiary/aromatic N) is 3. The van der Waals surface area contributed by atoms with Gasteiger partial charge < -0.3 is 14.7 Å². The topological polar surface area (TPSA) is 90.0 Å². The molecular formula is C29H35ClN4O4S2. The number of hydrogen-bond donors (Lipinski definition) is 1. The number of sulfonamides is 1. The van der Waals surface area contributed by atoms with Gasteiger partial charge in [-0.1, -0.05) is 41.9 Å². The number of hydrogen-bond acceptors (Lipinski definition) is 6. The molecule has 8 nitrogen and oxygen atoms in total. The summed E-state index contributed by atoms with van der Waals surface area (Å²) in [5.74, 6) is 1.31. The molecule has 4 heterocycles. The number of carbonyl (C=O) groups is 2. The van der Waals surface area contributed by atoms with Gasteiger partial charge in [0.2, 0.25) is 21.8 Å². The largest absolute Gasteiger partial charge is 0.336 e. The Morgan fingerprint density at radius 2 is 1.93 bits per heavy atom. The molecule has 0 radical (unpaired) electrons. The third kappa shape index (κ3) is 6.31. The number of benzene rings is 1. The minimum absolute atomic E-state index is 0.00315. The van der Waals surface area contributed by atoms with Gasteiger partial charge in [-0.15, -0.1) is 11.3 Å². The van der Waals surface area contributed by atoms with E-state index in [-0.39, 0.29) is 24.4 Å². The summed E-state index contributed by atoms with van der Waals surface area (Å²) >= 11 is 7.19. The lowest BCUT2D eigenvalue weighted by molar-refractivity contribution is -0.144. The fourth-order valence-electron chi connectivity index (χ4n) is 6.63. The van der Waals surface area contributed by atoms with Crippen LogP contribution >= 0.6 is 22.9 Å². The third-order valence-electron chi connectivity index (χ3n) is 8.78. The number of carbonyl (C=O) groups excluding carboxylic acids is 2. The van der Waals surface area contributed by atoms with Gasteiger partial charge in [0.25, 0.3) is 0 Å². The third-order valence-corrected chi connectivity index (χ3v) is 11.1. The van der Waals surface area contributed by atoms with Crippen LogP contribution in [0, 0.1) is 11.8 Å².